The lowest BCUT2D eigenvalue weighted by atomic mass is 9.93. The Morgan fingerprint density at radius 1 is 1.30 bits per heavy atom. The molecule has 0 bridgehead atoms. The number of aryl methyl sites for hydroxylation is 1. The maximum absolute atomic E-state index is 12.0. The number of ether oxygens (including phenoxy) is 1. The first-order chi connectivity index (χ1) is 11.3. The average molecular weight is 318 g/mol. The normalized spacial score (nSPS) is 16.8. The van der Waals surface area contributed by atoms with Gasteiger partial charge in [-0.05, 0) is 37.5 Å². The van der Waals surface area contributed by atoms with Crippen LogP contribution in [0.15, 0.2) is 39.6 Å². The van der Waals surface area contributed by atoms with Gasteiger partial charge in [-0.3, -0.25) is 0 Å². The highest BCUT2D eigenvalue weighted by Crippen LogP contribution is 2.30. The molecular formula is C17H22N2O4. The Labute approximate surface area is 135 Å². The zero-order chi connectivity index (χ0) is 15.9. The molecule has 1 aliphatic rings. The molecule has 0 aromatic carbocycles. The van der Waals surface area contributed by atoms with Crippen LogP contribution in [0, 0.1) is 0 Å². The van der Waals surface area contributed by atoms with Crippen LogP contribution in [0.25, 0.3) is 0 Å². The molecule has 0 radical (unpaired) electrons. The first-order valence-electron chi connectivity index (χ1n) is 8.03. The fraction of sp³-hybridized carbons (Fsp3) is 0.471. The van der Waals surface area contributed by atoms with E-state index in [1.807, 2.05) is 18.2 Å². The second-order valence-electron chi connectivity index (χ2n) is 5.63. The highest BCUT2D eigenvalue weighted by atomic mass is 16.5. The highest BCUT2D eigenvalue weighted by Gasteiger charge is 2.23. The molecule has 1 atom stereocenters. The number of furan rings is 2. The monoisotopic (exact) mass is 318 g/mol. The van der Waals surface area contributed by atoms with Crippen LogP contribution in [0.3, 0.4) is 0 Å². The number of carbonyl (C=O) groups is 1. The minimum absolute atomic E-state index is 0.0488. The zero-order valence-electron chi connectivity index (χ0n) is 13.0. The third-order valence-electron chi connectivity index (χ3n) is 3.93. The standard InChI is InChI=1S/C17H22N2O4/c20-17(18-8-3-9-21-12-13-4-2-10-22-13)19-15-5-1-6-16-14(15)7-11-23-16/h2,4,7,10-11,15H,1,3,5-6,8-9,12H2,(H2,18,19,20). The number of amides is 2. The van der Waals surface area contributed by atoms with E-state index in [9.17, 15) is 4.79 Å². The van der Waals surface area contributed by atoms with Crippen molar-refractivity contribution < 1.29 is 18.4 Å². The van der Waals surface area contributed by atoms with Gasteiger partial charge in [0, 0.05) is 25.1 Å². The molecule has 3 rings (SSSR count). The molecule has 6 heteroatoms. The summed E-state index contributed by atoms with van der Waals surface area (Å²) in [6.45, 7) is 1.62. The lowest BCUT2D eigenvalue weighted by molar-refractivity contribution is 0.104. The molecule has 2 heterocycles. The Morgan fingerprint density at radius 2 is 2.26 bits per heavy atom. The SMILES string of the molecule is O=C(NCCCOCc1ccco1)NC1CCCc2occc21. The maximum atomic E-state index is 12.0. The minimum Gasteiger partial charge on any atom is -0.469 e. The second-order valence-corrected chi connectivity index (χ2v) is 5.63. The van der Waals surface area contributed by atoms with Crippen molar-refractivity contribution in [3.05, 3.63) is 47.8 Å². The Kier molecular flexibility index (Phi) is 5.37. The van der Waals surface area contributed by atoms with Crippen LogP contribution in [0.2, 0.25) is 0 Å². The number of hydrogen-bond acceptors (Lipinski definition) is 4. The predicted octanol–water partition coefficient (Wildman–Crippen LogP) is 3.16. The summed E-state index contributed by atoms with van der Waals surface area (Å²) in [6.07, 6.45) is 7.02. The van der Waals surface area contributed by atoms with Crippen molar-refractivity contribution in [2.24, 2.45) is 0 Å². The van der Waals surface area contributed by atoms with Gasteiger partial charge < -0.3 is 24.2 Å². The summed E-state index contributed by atoms with van der Waals surface area (Å²) >= 11 is 0. The quantitative estimate of drug-likeness (QED) is 0.769. The molecule has 0 saturated heterocycles. The summed E-state index contributed by atoms with van der Waals surface area (Å²) in [4.78, 5) is 12.0. The van der Waals surface area contributed by atoms with Gasteiger partial charge in [0.1, 0.15) is 18.1 Å². The molecule has 6 nitrogen and oxygen atoms in total. The lowest BCUT2D eigenvalue weighted by Gasteiger charge is -2.22. The van der Waals surface area contributed by atoms with E-state index in [0.29, 0.717) is 19.8 Å². The Hall–Kier alpha value is -2.21. The van der Waals surface area contributed by atoms with Crippen molar-refractivity contribution in [1.29, 1.82) is 0 Å². The predicted molar refractivity (Wildman–Crippen MR) is 83.9 cm³/mol. The van der Waals surface area contributed by atoms with Crippen molar-refractivity contribution >= 4 is 6.03 Å². The number of hydrogen-bond donors (Lipinski definition) is 2. The summed E-state index contributed by atoms with van der Waals surface area (Å²) in [5.74, 6) is 1.80. The van der Waals surface area contributed by atoms with Gasteiger partial charge in [-0.25, -0.2) is 4.79 Å². The largest absolute Gasteiger partial charge is 0.469 e. The average Bonchev–Trinajstić information content (AvgIpc) is 3.22. The molecule has 0 saturated carbocycles. The number of carbonyl (C=O) groups excluding carboxylic acids is 1. The molecule has 23 heavy (non-hydrogen) atoms. The van der Waals surface area contributed by atoms with Gasteiger partial charge in [0.2, 0.25) is 0 Å². The number of fused-ring (bicyclic) bond motifs is 1. The number of urea groups is 1. The molecule has 1 aliphatic carbocycles. The molecule has 1 unspecified atom stereocenters. The van der Waals surface area contributed by atoms with Gasteiger partial charge in [-0.1, -0.05) is 0 Å². The molecule has 0 spiro atoms. The van der Waals surface area contributed by atoms with Crippen LogP contribution < -0.4 is 10.6 Å². The van der Waals surface area contributed by atoms with Crippen LogP contribution in [-0.4, -0.2) is 19.2 Å². The molecule has 2 amide bonds. The Morgan fingerprint density at radius 3 is 3.13 bits per heavy atom. The smallest absolute Gasteiger partial charge is 0.315 e. The summed E-state index contributed by atoms with van der Waals surface area (Å²) < 4.78 is 16.1. The summed E-state index contributed by atoms with van der Waals surface area (Å²) in [7, 11) is 0. The van der Waals surface area contributed by atoms with Crippen LogP contribution in [0.5, 0.6) is 0 Å². The van der Waals surface area contributed by atoms with E-state index in [4.69, 9.17) is 13.6 Å². The molecule has 0 aliphatic heterocycles. The number of nitrogens with one attached hydrogen (secondary N) is 2. The molecule has 124 valence electrons. The summed E-state index contributed by atoms with van der Waals surface area (Å²) in [6, 6.07) is 5.56. The Balaban J connectivity index is 1.30. The second kappa shape index (κ2) is 7.87. The third kappa shape index (κ3) is 4.39. The fourth-order valence-electron chi connectivity index (χ4n) is 2.79. The van der Waals surface area contributed by atoms with Crippen molar-refractivity contribution in [1.82, 2.24) is 10.6 Å². The highest BCUT2D eigenvalue weighted by molar-refractivity contribution is 5.74. The van der Waals surface area contributed by atoms with Gasteiger partial charge in [0.25, 0.3) is 0 Å². The van der Waals surface area contributed by atoms with Gasteiger partial charge in [0.05, 0.1) is 18.6 Å². The van der Waals surface area contributed by atoms with Gasteiger partial charge in [0.15, 0.2) is 0 Å². The topological polar surface area (TPSA) is 76.6 Å². The van der Waals surface area contributed by atoms with E-state index in [-0.39, 0.29) is 12.1 Å². The summed E-state index contributed by atoms with van der Waals surface area (Å²) in [5.41, 5.74) is 1.10. The lowest BCUT2D eigenvalue weighted by Crippen LogP contribution is -2.39. The Bertz CT molecular complexity index is 606. The van der Waals surface area contributed by atoms with Crippen molar-refractivity contribution in [2.75, 3.05) is 13.2 Å². The maximum Gasteiger partial charge on any atom is 0.315 e. The van der Waals surface area contributed by atoms with Gasteiger partial charge in [-0.2, -0.15) is 0 Å². The van der Waals surface area contributed by atoms with E-state index in [1.54, 1.807) is 12.5 Å². The fourth-order valence-corrected chi connectivity index (χ4v) is 2.79. The number of rotatable bonds is 7. The zero-order valence-corrected chi connectivity index (χ0v) is 13.0. The molecular weight excluding hydrogens is 296 g/mol. The first kappa shape index (κ1) is 15.7. The van der Waals surface area contributed by atoms with Crippen LogP contribution >= 0.6 is 0 Å². The summed E-state index contributed by atoms with van der Waals surface area (Å²) in [5, 5.41) is 5.87. The molecule has 2 aromatic heterocycles. The molecule has 2 N–H and O–H groups in total. The van der Waals surface area contributed by atoms with Crippen molar-refractivity contribution in [3.63, 3.8) is 0 Å². The van der Waals surface area contributed by atoms with E-state index < -0.39 is 0 Å². The van der Waals surface area contributed by atoms with E-state index in [0.717, 1.165) is 42.8 Å². The minimum atomic E-state index is -0.143. The van der Waals surface area contributed by atoms with E-state index >= 15 is 0 Å². The van der Waals surface area contributed by atoms with Crippen LogP contribution in [0.1, 0.15) is 42.4 Å². The van der Waals surface area contributed by atoms with Gasteiger partial charge in [-0.15, -0.1) is 0 Å². The van der Waals surface area contributed by atoms with Crippen LogP contribution in [-0.2, 0) is 17.8 Å². The van der Waals surface area contributed by atoms with Gasteiger partial charge >= 0.3 is 6.03 Å². The van der Waals surface area contributed by atoms with Crippen LogP contribution in [0.4, 0.5) is 4.79 Å². The van der Waals surface area contributed by atoms with E-state index in [2.05, 4.69) is 10.6 Å². The van der Waals surface area contributed by atoms with E-state index in [1.165, 1.54) is 0 Å². The van der Waals surface area contributed by atoms with Crippen molar-refractivity contribution in [3.8, 4) is 0 Å². The van der Waals surface area contributed by atoms with Crippen molar-refractivity contribution in [2.45, 2.75) is 38.3 Å². The third-order valence-corrected chi connectivity index (χ3v) is 3.93. The molecule has 2 aromatic rings. The molecule has 0 fully saturated rings. The first-order valence-corrected chi connectivity index (χ1v) is 8.03.